The Labute approximate surface area is 170 Å². The van der Waals surface area contributed by atoms with Crippen molar-refractivity contribution in [2.75, 3.05) is 13.1 Å². The van der Waals surface area contributed by atoms with Crippen molar-refractivity contribution in [3.8, 4) is 0 Å². The lowest BCUT2D eigenvalue weighted by Gasteiger charge is -2.05. The molecule has 0 unspecified atom stereocenters. The molecule has 0 heterocycles. The van der Waals surface area contributed by atoms with Crippen LogP contribution in [0.15, 0.2) is 12.2 Å². The number of allylic oxidation sites excluding steroid dienone is 2. The molecule has 0 aliphatic heterocycles. The first kappa shape index (κ1) is 26.1. The summed E-state index contributed by atoms with van der Waals surface area (Å²) >= 11 is 0. The summed E-state index contributed by atoms with van der Waals surface area (Å²) in [5, 5.41) is 13.1. The summed E-state index contributed by atoms with van der Waals surface area (Å²) in [4.78, 5) is 33.2. The molecule has 0 aromatic rings. The molecule has 0 saturated carbocycles. The third-order valence-corrected chi connectivity index (χ3v) is 4.55. The molecule has 0 spiro atoms. The Morgan fingerprint density at radius 3 is 1.75 bits per heavy atom. The normalized spacial score (nSPS) is 10.9. The molecular weight excluding hydrogens is 356 g/mol. The van der Waals surface area contributed by atoms with Crippen LogP contribution >= 0.6 is 0 Å². The number of nitrogens with one attached hydrogen (secondary N) is 2. The molecule has 0 atom stereocenters. The topological polar surface area (TPSA) is 95.5 Å². The van der Waals surface area contributed by atoms with Crippen molar-refractivity contribution in [3.05, 3.63) is 12.2 Å². The molecule has 0 radical (unpaired) electrons. The molecule has 6 nitrogen and oxygen atoms in total. The number of carbonyl (C=O) groups excluding carboxylic acids is 2. The number of hydrogen-bond acceptors (Lipinski definition) is 3. The maximum absolute atomic E-state index is 11.6. The maximum Gasteiger partial charge on any atom is 0.322 e. The zero-order valence-corrected chi connectivity index (χ0v) is 17.6. The highest BCUT2D eigenvalue weighted by Crippen LogP contribution is 2.09. The molecule has 2 amide bonds. The number of carboxylic acids is 1. The first-order valence-electron chi connectivity index (χ1n) is 11.0. The minimum absolute atomic E-state index is 0.164. The van der Waals surface area contributed by atoms with Crippen LogP contribution in [-0.4, -0.2) is 36.0 Å². The van der Waals surface area contributed by atoms with Gasteiger partial charge in [-0.3, -0.25) is 14.4 Å². The number of carbonyl (C=O) groups is 3. The van der Waals surface area contributed by atoms with Crippen molar-refractivity contribution in [3.63, 3.8) is 0 Å². The van der Waals surface area contributed by atoms with E-state index in [4.69, 9.17) is 5.11 Å². The average Bonchev–Trinajstić information content (AvgIpc) is 2.67. The molecule has 0 bridgehead atoms. The zero-order chi connectivity index (χ0) is 20.9. The molecule has 0 saturated heterocycles. The Bertz CT molecular complexity index is 450. The van der Waals surface area contributed by atoms with E-state index in [1.807, 2.05) is 0 Å². The van der Waals surface area contributed by atoms with Crippen LogP contribution in [0.2, 0.25) is 0 Å². The third kappa shape index (κ3) is 20.5. The van der Waals surface area contributed by atoms with E-state index in [2.05, 4.69) is 29.7 Å². The fourth-order valence-electron chi connectivity index (χ4n) is 2.86. The lowest BCUT2D eigenvalue weighted by molar-refractivity contribution is -0.137. The monoisotopic (exact) mass is 396 g/mol. The number of aliphatic carboxylic acids is 1. The van der Waals surface area contributed by atoms with Crippen LogP contribution in [0, 0.1) is 0 Å². The van der Waals surface area contributed by atoms with Gasteiger partial charge in [0, 0.05) is 6.42 Å². The molecule has 28 heavy (non-hydrogen) atoms. The second-order valence-corrected chi connectivity index (χ2v) is 7.28. The van der Waals surface area contributed by atoms with Crippen LogP contribution < -0.4 is 10.6 Å². The van der Waals surface area contributed by atoms with Crippen molar-refractivity contribution in [2.45, 2.75) is 96.8 Å². The molecule has 0 aromatic carbocycles. The van der Waals surface area contributed by atoms with Gasteiger partial charge in [0.15, 0.2) is 0 Å². The first-order valence-corrected chi connectivity index (χ1v) is 11.0. The summed E-state index contributed by atoms with van der Waals surface area (Å²) in [6.45, 7) is 1.65. The van der Waals surface area contributed by atoms with Gasteiger partial charge < -0.3 is 15.7 Å². The zero-order valence-electron chi connectivity index (χ0n) is 17.6. The first-order chi connectivity index (χ1) is 13.6. The number of carboxylic acid groups (broad SMARTS) is 1. The van der Waals surface area contributed by atoms with Crippen molar-refractivity contribution in [1.82, 2.24) is 10.6 Å². The Morgan fingerprint density at radius 1 is 0.679 bits per heavy atom. The van der Waals surface area contributed by atoms with E-state index in [0.717, 1.165) is 25.7 Å². The van der Waals surface area contributed by atoms with Gasteiger partial charge in [-0.05, 0) is 32.1 Å². The molecule has 0 aliphatic rings. The van der Waals surface area contributed by atoms with Gasteiger partial charge >= 0.3 is 5.97 Å². The lowest BCUT2D eigenvalue weighted by Crippen LogP contribution is -2.38. The van der Waals surface area contributed by atoms with Crippen LogP contribution in [0.1, 0.15) is 96.8 Å². The summed E-state index contributed by atoms with van der Waals surface area (Å²) in [5.41, 5.74) is 0. The van der Waals surface area contributed by atoms with Crippen molar-refractivity contribution in [1.29, 1.82) is 0 Å². The fraction of sp³-hybridized carbons (Fsp3) is 0.773. The average molecular weight is 397 g/mol. The van der Waals surface area contributed by atoms with Gasteiger partial charge in [0.05, 0.1) is 6.54 Å². The number of amides is 2. The quantitative estimate of drug-likeness (QED) is 0.223. The predicted octanol–water partition coefficient (Wildman–Crippen LogP) is 4.34. The van der Waals surface area contributed by atoms with Gasteiger partial charge in [0.2, 0.25) is 11.8 Å². The summed E-state index contributed by atoms with van der Waals surface area (Å²) in [6, 6.07) is 0. The summed E-state index contributed by atoms with van der Waals surface area (Å²) in [7, 11) is 0. The molecule has 3 N–H and O–H groups in total. The van der Waals surface area contributed by atoms with E-state index in [9.17, 15) is 14.4 Å². The summed E-state index contributed by atoms with van der Waals surface area (Å²) < 4.78 is 0. The van der Waals surface area contributed by atoms with Crippen LogP contribution in [0.4, 0.5) is 0 Å². The van der Waals surface area contributed by atoms with E-state index in [0.29, 0.717) is 6.42 Å². The lowest BCUT2D eigenvalue weighted by atomic mass is 10.1. The van der Waals surface area contributed by atoms with E-state index >= 15 is 0 Å². The van der Waals surface area contributed by atoms with E-state index in [-0.39, 0.29) is 12.5 Å². The van der Waals surface area contributed by atoms with E-state index in [1.165, 1.54) is 57.8 Å². The van der Waals surface area contributed by atoms with Crippen molar-refractivity contribution in [2.24, 2.45) is 0 Å². The molecule has 0 fully saturated rings. The highest BCUT2D eigenvalue weighted by molar-refractivity contribution is 5.86. The van der Waals surface area contributed by atoms with Gasteiger partial charge in [-0.25, -0.2) is 0 Å². The van der Waals surface area contributed by atoms with Crippen molar-refractivity contribution >= 4 is 17.8 Å². The summed E-state index contributed by atoms with van der Waals surface area (Å²) in [6.07, 6.45) is 20.8. The Balaban J connectivity index is 3.33. The number of rotatable bonds is 19. The number of unbranched alkanes of at least 4 members (excludes halogenated alkanes) is 11. The molecule has 6 heteroatoms. The van der Waals surface area contributed by atoms with Crippen LogP contribution in [0.5, 0.6) is 0 Å². The Kier molecular flexibility index (Phi) is 18.6. The second-order valence-electron chi connectivity index (χ2n) is 7.28. The van der Waals surface area contributed by atoms with Crippen LogP contribution in [-0.2, 0) is 14.4 Å². The van der Waals surface area contributed by atoms with Crippen molar-refractivity contribution < 1.29 is 19.5 Å². The largest absolute Gasteiger partial charge is 0.480 e. The van der Waals surface area contributed by atoms with Gasteiger partial charge in [-0.1, -0.05) is 70.4 Å². The Hall–Kier alpha value is -1.85. The predicted molar refractivity (Wildman–Crippen MR) is 113 cm³/mol. The smallest absolute Gasteiger partial charge is 0.322 e. The molecule has 0 aliphatic carbocycles. The highest BCUT2D eigenvalue weighted by atomic mass is 16.4. The van der Waals surface area contributed by atoms with Gasteiger partial charge in [0.1, 0.15) is 6.54 Å². The molecule has 0 rings (SSSR count). The summed E-state index contributed by atoms with van der Waals surface area (Å²) in [5.74, 6) is -1.75. The minimum atomic E-state index is -1.10. The third-order valence-electron chi connectivity index (χ3n) is 4.55. The second kappa shape index (κ2) is 19.9. The standard InChI is InChI=1S/C22H40N2O4/c1-2-3-4-5-6-7-8-9-10-11-12-13-14-15-16-17-20(25)23-18-21(26)24-19-22(27)28/h9-10H,2-8,11-19H2,1H3,(H,23,25)(H,24,26)(H,27,28). The minimum Gasteiger partial charge on any atom is -0.480 e. The van der Waals surface area contributed by atoms with Gasteiger partial charge in [0.25, 0.3) is 0 Å². The maximum atomic E-state index is 11.6. The van der Waals surface area contributed by atoms with Crippen LogP contribution in [0.3, 0.4) is 0 Å². The molecule has 0 aromatic heterocycles. The molecule has 162 valence electrons. The van der Waals surface area contributed by atoms with Crippen LogP contribution in [0.25, 0.3) is 0 Å². The SMILES string of the molecule is CCCCCCCCC=CCCCCCCCC(=O)NCC(=O)NCC(=O)O. The molecular formula is C22H40N2O4. The Morgan fingerprint density at radius 2 is 1.18 bits per heavy atom. The van der Waals surface area contributed by atoms with Gasteiger partial charge in [-0.15, -0.1) is 0 Å². The highest BCUT2D eigenvalue weighted by Gasteiger charge is 2.06. The van der Waals surface area contributed by atoms with E-state index in [1.54, 1.807) is 0 Å². The number of hydrogen-bond donors (Lipinski definition) is 3. The van der Waals surface area contributed by atoms with E-state index < -0.39 is 18.4 Å². The fourth-order valence-corrected chi connectivity index (χ4v) is 2.86. The van der Waals surface area contributed by atoms with Gasteiger partial charge in [-0.2, -0.15) is 0 Å².